The minimum atomic E-state index is -1.09. The molecule has 0 saturated heterocycles. The molecule has 1 aromatic rings. The molecule has 0 spiro atoms. The molecule has 1 aromatic carbocycles. The summed E-state index contributed by atoms with van der Waals surface area (Å²) < 4.78 is 0. The molecule has 0 fully saturated rings. The summed E-state index contributed by atoms with van der Waals surface area (Å²) in [6, 6.07) is 8.34. The maximum atomic E-state index is 13.0. The van der Waals surface area contributed by atoms with Gasteiger partial charge in [0.15, 0.2) is 0 Å². The number of rotatable bonds is 5. The number of carbonyl (C=O) groups is 3. The van der Waals surface area contributed by atoms with Crippen LogP contribution in [0.1, 0.15) is 32.8 Å². The van der Waals surface area contributed by atoms with Crippen molar-refractivity contribution in [3.05, 3.63) is 42.1 Å². The molecule has 2 rings (SSSR count). The fraction of sp³-hybridized carbons (Fsp3) is 0.389. The zero-order chi connectivity index (χ0) is 17.9. The second-order valence-corrected chi connectivity index (χ2v) is 5.96. The Morgan fingerprint density at radius 2 is 1.88 bits per heavy atom. The van der Waals surface area contributed by atoms with Crippen molar-refractivity contribution in [2.75, 3.05) is 6.54 Å². The van der Waals surface area contributed by atoms with E-state index in [1.165, 1.54) is 16.7 Å². The molecule has 1 heterocycles. The van der Waals surface area contributed by atoms with Crippen LogP contribution in [0.25, 0.3) is 5.70 Å². The van der Waals surface area contributed by atoms with Gasteiger partial charge in [-0.05, 0) is 11.5 Å². The number of aliphatic carboxylic acids is 1. The summed E-state index contributed by atoms with van der Waals surface area (Å²) in [7, 11) is 0. The lowest BCUT2D eigenvalue weighted by Gasteiger charge is -2.40. The summed E-state index contributed by atoms with van der Waals surface area (Å²) in [5.74, 6) is -1.77. The molecule has 6 heteroatoms. The quantitative estimate of drug-likeness (QED) is 0.897. The topological polar surface area (TPSA) is 77.9 Å². The van der Waals surface area contributed by atoms with Gasteiger partial charge in [0.05, 0.1) is 5.70 Å². The summed E-state index contributed by atoms with van der Waals surface area (Å²) >= 11 is 0. The monoisotopic (exact) mass is 330 g/mol. The van der Waals surface area contributed by atoms with Gasteiger partial charge in [-0.3, -0.25) is 19.3 Å². The van der Waals surface area contributed by atoms with Gasteiger partial charge in [0, 0.05) is 13.1 Å². The molecular weight excluding hydrogens is 308 g/mol. The first kappa shape index (κ1) is 17.7. The van der Waals surface area contributed by atoms with Gasteiger partial charge in [0.25, 0.3) is 5.91 Å². The lowest BCUT2D eigenvalue weighted by molar-refractivity contribution is -0.148. The summed E-state index contributed by atoms with van der Waals surface area (Å²) in [4.78, 5) is 39.0. The molecule has 2 atom stereocenters. The van der Waals surface area contributed by atoms with Gasteiger partial charge in [0.1, 0.15) is 12.6 Å². The highest BCUT2D eigenvalue weighted by Crippen LogP contribution is 2.30. The Hall–Kier alpha value is -2.63. The van der Waals surface area contributed by atoms with Crippen molar-refractivity contribution in [1.29, 1.82) is 0 Å². The van der Waals surface area contributed by atoms with E-state index in [-0.39, 0.29) is 17.7 Å². The molecule has 0 radical (unpaired) electrons. The fourth-order valence-corrected chi connectivity index (χ4v) is 2.84. The molecular formula is C18H22N2O4. The Morgan fingerprint density at radius 1 is 1.25 bits per heavy atom. The lowest BCUT2D eigenvalue weighted by Crippen LogP contribution is -2.55. The third-order valence-corrected chi connectivity index (χ3v) is 4.28. The van der Waals surface area contributed by atoms with Crippen molar-refractivity contribution >= 4 is 23.5 Å². The van der Waals surface area contributed by atoms with Gasteiger partial charge >= 0.3 is 5.97 Å². The van der Waals surface area contributed by atoms with Crippen molar-refractivity contribution in [3.8, 4) is 0 Å². The van der Waals surface area contributed by atoms with Gasteiger partial charge in [-0.25, -0.2) is 0 Å². The number of benzene rings is 1. The van der Waals surface area contributed by atoms with Gasteiger partial charge in [-0.2, -0.15) is 0 Å². The van der Waals surface area contributed by atoms with E-state index in [1.807, 2.05) is 19.9 Å². The van der Waals surface area contributed by atoms with Crippen LogP contribution in [0.2, 0.25) is 0 Å². The number of carbonyl (C=O) groups excluding carboxylic acids is 2. The molecule has 6 nitrogen and oxygen atoms in total. The van der Waals surface area contributed by atoms with Crippen molar-refractivity contribution in [2.45, 2.75) is 33.2 Å². The molecule has 0 bridgehead atoms. The van der Waals surface area contributed by atoms with Crippen LogP contribution in [-0.4, -0.2) is 45.3 Å². The first-order valence-corrected chi connectivity index (χ1v) is 7.96. The van der Waals surface area contributed by atoms with Crippen molar-refractivity contribution in [1.82, 2.24) is 9.80 Å². The van der Waals surface area contributed by atoms with Gasteiger partial charge in [-0.15, -0.1) is 0 Å². The van der Waals surface area contributed by atoms with E-state index in [1.54, 1.807) is 30.5 Å². The average molecular weight is 330 g/mol. The van der Waals surface area contributed by atoms with E-state index in [4.69, 9.17) is 0 Å². The smallest absolute Gasteiger partial charge is 0.323 e. The highest BCUT2D eigenvalue weighted by atomic mass is 16.4. The van der Waals surface area contributed by atoms with Crippen molar-refractivity contribution in [3.63, 3.8) is 0 Å². The van der Waals surface area contributed by atoms with Crippen LogP contribution in [0.4, 0.5) is 0 Å². The van der Waals surface area contributed by atoms with Crippen molar-refractivity contribution < 1.29 is 19.5 Å². The molecule has 2 amide bonds. The molecule has 1 N–H and O–H groups in total. The van der Waals surface area contributed by atoms with Crippen LogP contribution >= 0.6 is 0 Å². The Kier molecular flexibility index (Phi) is 5.39. The summed E-state index contributed by atoms with van der Waals surface area (Å²) in [5, 5.41) is 9.20. The highest BCUT2D eigenvalue weighted by Gasteiger charge is 2.40. The zero-order valence-corrected chi connectivity index (χ0v) is 14.1. The molecule has 0 saturated carbocycles. The van der Waals surface area contributed by atoms with Crippen LogP contribution in [0.15, 0.2) is 36.5 Å². The largest absolute Gasteiger partial charge is 0.480 e. The normalized spacial score (nSPS) is 19.0. The third-order valence-electron chi connectivity index (χ3n) is 4.28. The maximum absolute atomic E-state index is 13.0. The van der Waals surface area contributed by atoms with Crippen LogP contribution in [-0.2, 0) is 14.4 Å². The van der Waals surface area contributed by atoms with Crippen LogP contribution in [0.3, 0.4) is 0 Å². The van der Waals surface area contributed by atoms with E-state index >= 15 is 0 Å². The second kappa shape index (κ2) is 7.29. The second-order valence-electron chi connectivity index (χ2n) is 5.96. The third kappa shape index (κ3) is 3.48. The number of amides is 2. The van der Waals surface area contributed by atoms with Gasteiger partial charge < -0.3 is 10.0 Å². The first-order chi connectivity index (χ1) is 11.4. The van der Waals surface area contributed by atoms with Crippen LogP contribution < -0.4 is 0 Å². The molecule has 1 aliphatic rings. The van der Waals surface area contributed by atoms with Crippen molar-refractivity contribution in [2.24, 2.45) is 5.92 Å². The standard InChI is InChI=1S/C18H22N2O4/c1-4-12(2)17-18(24)20(11-16(22)23)15(10-19(17)13(3)21)14-8-6-5-7-9-14/h5-10,12,17H,4,11H2,1-3H3,(H,22,23)/t12-,17-/m0/s1. The Balaban J connectivity index is 2.57. The molecule has 128 valence electrons. The molecule has 0 unspecified atom stereocenters. The minimum absolute atomic E-state index is 0.0775. The summed E-state index contributed by atoms with van der Waals surface area (Å²) in [6.45, 7) is 4.81. The van der Waals surface area contributed by atoms with E-state index in [0.717, 1.165) is 0 Å². The Labute approximate surface area is 141 Å². The van der Waals surface area contributed by atoms with Crippen LogP contribution in [0, 0.1) is 5.92 Å². The first-order valence-electron chi connectivity index (χ1n) is 7.96. The minimum Gasteiger partial charge on any atom is -0.480 e. The molecule has 1 aliphatic heterocycles. The van der Waals surface area contributed by atoms with E-state index in [9.17, 15) is 19.5 Å². The lowest BCUT2D eigenvalue weighted by atomic mass is 9.93. The predicted octanol–water partition coefficient (Wildman–Crippen LogP) is 2.17. The van der Waals surface area contributed by atoms with Gasteiger partial charge in [-0.1, -0.05) is 50.6 Å². The Bertz CT molecular complexity index is 669. The van der Waals surface area contributed by atoms with E-state index in [0.29, 0.717) is 17.7 Å². The predicted molar refractivity (Wildman–Crippen MR) is 89.5 cm³/mol. The number of hydrogen-bond acceptors (Lipinski definition) is 3. The maximum Gasteiger partial charge on any atom is 0.323 e. The van der Waals surface area contributed by atoms with E-state index < -0.39 is 18.6 Å². The molecule has 0 aromatic heterocycles. The highest BCUT2D eigenvalue weighted by molar-refractivity contribution is 5.98. The molecule has 24 heavy (non-hydrogen) atoms. The van der Waals surface area contributed by atoms with Crippen LogP contribution in [0.5, 0.6) is 0 Å². The number of carboxylic acids is 1. The Morgan fingerprint density at radius 3 is 2.38 bits per heavy atom. The summed E-state index contributed by atoms with van der Waals surface area (Å²) in [5.41, 5.74) is 1.12. The number of nitrogens with zero attached hydrogens (tertiary/aromatic N) is 2. The fourth-order valence-electron chi connectivity index (χ4n) is 2.84. The number of hydrogen-bond donors (Lipinski definition) is 1. The average Bonchev–Trinajstić information content (AvgIpc) is 2.55. The summed E-state index contributed by atoms with van der Waals surface area (Å²) in [6.07, 6.45) is 2.30. The van der Waals surface area contributed by atoms with Gasteiger partial charge in [0.2, 0.25) is 5.91 Å². The van der Waals surface area contributed by atoms with E-state index in [2.05, 4.69) is 0 Å². The zero-order valence-electron chi connectivity index (χ0n) is 14.1. The molecule has 0 aliphatic carbocycles. The SMILES string of the molecule is CC[C@H](C)[C@H]1C(=O)N(CC(=O)O)C(c2ccccc2)=CN1C(C)=O. The number of carboxylic acid groups (broad SMARTS) is 1.